The Labute approximate surface area is 159 Å². The van der Waals surface area contributed by atoms with E-state index in [0.29, 0.717) is 30.8 Å². The fourth-order valence-corrected chi connectivity index (χ4v) is 3.58. The van der Waals surface area contributed by atoms with Gasteiger partial charge in [-0.2, -0.15) is 0 Å². The number of fused-ring (bicyclic) bond motifs is 1. The highest BCUT2D eigenvalue weighted by molar-refractivity contribution is 6.09. The number of Topliss-reactive ketones (excluding diaryl/α,β-unsaturated/α-hetero) is 1. The molecule has 5 nitrogen and oxygen atoms in total. The average molecular weight is 367 g/mol. The van der Waals surface area contributed by atoms with Crippen LogP contribution in [0.3, 0.4) is 0 Å². The van der Waals surface area contributed by atoms with Gasteiger partial charge >= 0.3 is 0 Å². The number of carbonyl (C=O) groups excluding carboxylic acids is 2. The van der Waals surface area contributed by atoms with E-state index in [-0.39, 0.29) is 12.2 Å². The van der Waals surface area contributed by atoms with Crippen LogP contribution in [0.15, 0.2) is 42.5 Å². The van der Waals surface area contributed by atoms with Gasteiger partial charge in [-0.15, -0.1) is 0 Å². The number of ether oxygens (including phenoxy) is 1. The maximum atomic E-state index is 13.0. The molecule has 5 heteroatoms. The Hall–Kier alpha value is -2.66. The Bertz CT molecular complexity index is 859. The van der Waals surface area contributed by atoms with Crippen LogP contribution in [-0.2, 0) is 15.2 Å². The van der Waals surface area contributed by atoms with Crippen molar-refractivity contribution in [2.75, 3.05) is 18.1 Å². The molecule has 0 fully saturated rings. The summed E-state index contributed by atoms with van der Waals surface area (Å²) < 4.78 is 5.74. The zero-order valence-electron chi connectivity index (χ0n) is 16.0. The highest BCUT2D eigenvalue weighted by atomic mass is 16.5. The van der Waals surface area contributed by atoms with Crippen molar-refractivity contribution in [1.29, 1.82) is 0 Å². The molecular weight excluding hydrogens is 342 g/mol. The van der Waals surface area contributed by atoms with Crippen LogP contribution < -0.4 is 9.64 Å². The maximum absolute atomic E-state index is 13.0. The summed E-state index contributed by atoms with van der Waals surface area (Å²) in [5.41, 5.74) is 1.52. The van der Waals surface area contributed by atoms with Crippen LogP contribution in [0.4, 0.5) is 5.69 Å². The Kier molecular flexibility index (Phi) is 5.33. The molecule has 0 radical (unpaired) electrons. The van der Waals surface area contributed by atoms with Crippen LogP contribution >= 0.6 is 0 Å². The van der Waals surface area contributed by atoms with Gasteiger partial charge in [0.05, 0.1) is 12.3 Å². The number of aryl methyl sites for hydroxylation is 2. The number of amides is 1. The van der Waals surface area contributed by atoms with E-state index in [1.165, 1.54) is 12.5 Å². The number of benzene rings is 2. The van der Waals surface area contributed by atoms with Gasteiger partial charge in [-0.3, -0.25) is 9.59 Å². The number of hydrogen-bond acceptors (Lipinski definition) is 4. The van der Waals surface area contributed by atoms with Gasteiger partial charge in [-0.05, 0) is 44.9 Å². The van der Waals surface area contributed by atoms with E-state index < -0.39 is 11.5 Å². The van der Waals surface area contributed by atoms with Crippen LogP contribution in [0.1, 0.15) is 36.5 Å². The average Bonchev–Trinajstić information content (AvgIpc) is 2.82. The van der Waals surface area contributed by atoms with E-state index in [1.807, 2.05) is 44.2 Å². The van der Waals surface area contributed by atoms with Gasteiger partial charge in [-0.1, -0.05) is 35.9 Å². The van der Waals surface area contributed by atoms with Crippen LogP contribution in [0.5, 0.6) is 5.75 Å². The molecule has 0 saturated heterocycles. The van der Waals surface area contributed by atoms with E-state index in [1.54, 1.807) is 17.0 Å². The van der Waals surface area contributed by atoms with Gasteiger partial charge in [0.15, 0.2) is 5.60 Å². The molecule has 1 aliphatic heterocycles. The van der Waals surface area contributed by atoms with Crippen molar-refractivity contribution < 1.29 is 19.4 Å². The molecule has 1 N–H and O–H groups in total. The maximum Gasteiger partial charge on any atom is 0.264 e. The minimum Gasteiger partial charge on any atom is -0.494 e. The first kappa shape index (κ1) is 19.1. The number of ketones is 1. The van der Waals surface area contributed by atoms with Crippen molar-refractivity contribution in [3.63, 3.8) is 0 Å². The number of anilines is 1. The predicted molar refractivity (Wildman–Crippen MR) is 104 cm³/mol. The van der Waals surface area contributed by atoms with Gasteiger partial charge in [-0.25, -0.2) is 0 Å². The second-order valence-corrected chi connectivity index (χ2v) is 7.18. The molecule has 142 valence electrons. The fraction of sp³-hybridized carbons (Fsp3) is 0.364. The number of rotatable bonds is 7. The number of hydrogen-bond donors (Lipinski definition) is 1. The zero-order chi connectivity index (χ0) is 19.6. The molecule has 0 bridgehead atoms. The summed E-state index contributed by atoms with van der Waals surface area (Å²) in [6.45, 7) is 6.19. The minimum atomic E-state index is -1.77. The third-order valence-electron chi connectivity index (χ3n) is 4.87. The van der Waals surface area contributed by atoms with E-state index in [0.717, 1.165) is 11.3 Å². The standard InChI is InChI=1S/C22H25NO4/c1-15-8-10-18(11-9-15)27-13-5-12-23-20-16(2)6-4-7-19(20)22(26,21(23)25)14-17(3)24/h4,6-11,26H,5,12-14H2,1-3H3/t22-/m1/s1. The highest BCUT2D eigenvalue weighted by Gasteiger charge is 2.50. The summed E-state index contributed by atoms with van der Waals surface area (Å²) >= 11 is 0. The Morgan fingerprint density at radius 3 is 2.52 bits per heavy atom. The van der Waals surface area contributed by atoms with Gasteiger partial charge in [0.1, 0.15) is 11.5 Å². The lowest BCUT2D eigenvalue weighted by molar-refractivity contribution is -0.141. The van der Waals surface area contributed by atoms with E-state index in [9.17, 15) is 14.7 Å². The third-order valence-corrected chi connectivity index (χ3v) is 4.87. The number of aliphatic hydroxyl groups is 1. The van der Waals surface area contributed by atoms with Gasteiger partial charge in [0, 0.05) is 18.5 Å². The highest BCUT2D eigenvalue weighted by Crippen LogP contribution is 2.44. The van der Waals surface area contributed by atoms with Crippen LogP contribution in [0.2, 0.25) is 0 Å². The first-order chi connectivity index (χ1) is 12.8. The lowest BCUT2D eigenvalue weighted by Gasteiger charge is -2.22. The Balaban J connectivity index is 1.73. The Morgan fingerprint density at radius 1 is 1.15 bits per heavy atom. The smallest absolute Gasteiger partial charge is 0.264 e. The van der Waals surface area contributed by atoms with Crippen molar-refractivity contribution in [1.82, 2.24) is 0 Å². The van der Waals surface area contributed by atoms with Gasteiger partial charge in [0.25, 0.3) is 5.91 Å². The molecule has 27 heavy (non-hydrogen) atoms. The number of carbonyl (C=O) groups is 2. The topological polar surface area (TPSA) is 66.8 Å². The first-order valence-electron chi connectivity index (χ1n) is 9.16. The van der Waals surface area contributed by atoms with Crippen molar-refractivity contribution in [2.24, 2.45) is 0 Å². The molecule has 1 aliphatic rings. The van der Waals surface area contributed by atoms with E-state index >= 15 is 0 Å². The Morgan fingerprint density at radius 2 is 1.85 bits per heavy atom. The van der Waals surface area contributed by atoms with Gasteiger partial charge in [0.2, 0.25) is 0 Å². The van der Waals surface area contributed by atoms with Gasteiger partial charge < -0.3 is 14.7 Å². The molecule has 0 saturated carbocycles. The number of nitrogens with zero attached hydrogens (tertiary/aromatic N) is 1. The molecule has 2 aromatic carbocycles. The summed E-state index contributed by atoms with van der Waals surface area (Å²) in [6.07, 6.45) is 0.405. The second kappa shape index (κ2) is 7.53. The quantitative estimate of drug-likeness (QED) is 0.763. The normalized spacial score (nSPS) is 18.5. The lowest BCUT2D eigenvalue weighted by Crippen LogP contribution is -2.42. The SMILES string of the molecule is CC(=O)C[C@]1(O)C(=O)N(CCCOc2ccc(C)cc2)c2c(C)cccc21. The molecule has 1 atom stereocenters. The molecule has 0 aromatic heterocycles. The summed E-state index contributed by atoms with van der Waals surface area (Å²) in [5.74, 6) is 0.137. The summed E-state index contributed by atoms with van der Waals surface area (Å²) in [4.78, 5) is 26.2. The molecule has 3 rings (SSSR count). The van der Waals surface area contributed by atoms with Crippen LogP contribution in [0, 0.1) is 13.8 Å². The molecule has 1 amide bonds. The van der Waals surface area contributed by atoms with E-state index in [2.05, 4.69) is 0 Å². The molecule has 0 unspecified atom stereocenters. The molecule has 0 aliphatic carbocycles. The van der Waals surface area contributed by atoms with E-state index in [4.69, 9.17) is 4.74 Å². The first-order valence-corrected chi connectivity index (χ1v) is 9.16. The summed E-state index contributed by atoms with van der Waals surface area (Å²) in [7, 11) is 0. The minimum absolute atomic E-state index is 0.210. The predicted octanol–water partition coefficient (Wildman–Crippen LogP) is 3.29. The zero-order valence-corrected chi connectivity index (χ0v) is 16.0. The molecule has 1 heterocycles. The van der Waals surface area contributed by atoms with Crippen molar-refractivity contribution in [3.05, 3.63) is 59.2 Å². The number of para-hydroxylation sites is 1. The van der Waals surface area contributed by atoms with Crippen LogP contribution in [0.25, 0.3) is 0 Å². The fourth-order valence-electron chi connectivity index (χ4n) is 3.58. The summed E-state index contributed by atoms with van der Waals surface area (Å²) in [5, 5.41) is 11.0. The van der Waals surface area contributed by atoms with Crippen LogP contribution in [-0.4, -0.2) is 29.9 Å². The second-order valence-electron chi connectivity index (χ2n) is 7.18. The molecule has 0 spiro atoms. The molecule has 2 aromatic rings. The summed E-state index contributed by atoms with van der Waals surface area (Å²) in [6, 6.07) is 13.2. The third kappa shape index (κ3) is 3.74. The monoisotopic (exact) mass is 367 g/mol. The van der Waals surface area contributed by atoms with Crippen molar-refractivity contribution in [3.8, 4) is 5.75 Å². The van der Waals surface area contributed by atoms with Crippen molar-refractivity contribution >= 4 is 17.4 Å². The largest absolute Gasteiger partial charge is 0.494 e. The molecular formula is C22H25NO4. The van der Waals surface area contributed by atoms with Crippen molar-refractivity contribution in [2.45, 2.75) is 39.2 Å². The lowest BCUT2D eigenvalue weighted by atomic mass is 9.89.